The van der Waals surface area contributed by atoms with Crippen molar-refractivity contribution in [3.8, 4) is 0 Å². The second kappa shape index (κ2) is 8.44. The lowest BCUT2D eigenvalue weighted by atomic mass is 10.2. The summed E-state index contributed by atoms with van der Waals surface area (Å²) in [5.41, 5.74) is 0.252. The van der Waals surface area contributed by atoms with E-state index in [1.54, 1.807) is 0 Å². The Bertz CT molecular complexity index is 211. The van der Waals surface area contributed by atoms with E-state index in [1.165, 1.54) is 13.0 Å². The van der Waals surface area contributed by atoms with Crippen molar-refractivity contribution in [3.05, 3.63) is 11.6 Å². The minimum Gasteiger partial charge on any atom is -0.478 e. The molecule has 0 aromatic rings. The molecule has 0 amide bonds. The Balaban J connectivity index is 3.61. The maximum absolute atomic E-state index is 10.4. The van der Waals surface area contributed by atoms with Gasteiger partial charge in [-0.25, -0.2) is 4.79 Å². The molecule has 0 saturated carbocycles. The van der Waals surface area contributed by atoms with E-state index >= 15 is 0 Å². The lowest BCUT2D eigenvalue weighted by Gasteiger charge is -2.08. The molecular weight excluding hydrogens is 196 g/mol. The number of unbranched alkanes of at least 4 members (excludes halogenated alkanes) is 1. The molecule has 4 heteroatoms. The molecule has 1 unspecified atom stereocenters. The highest BCUT2D eigenvalue weighted by Crippen LogP contribution is 2.00. The predicted octanol–water partition coefficient (Wildman–Crippen LogP) is 1.58. The SMILES string of the molecule is CCCCOCC(O)CC=C(C)C(=O)O. The quantitative estimate of drug-likeness (QED) is 0.477. The molecule has 0 aliphatic rings. The Morgan fingerprint density at radius 2 is 2.20 bits per heavy atom. The lowest BCUT2D eigenvalue weighted by molar-refractivity contribution is -0.132. The Morgan fingerprint density at radius 1 is 1.53 bits per heavy atom. The van der Waals surface area contributed by atoms with Gasteiger partial charge in [0.25, 0.3) is 0 Å². The third-order valence-electron chi connectivity index (χ3n) is 1.99. The van der Waals surface area contributed by atoms with Gasteiger partial charge in [0.05, 0.1) is 12.7 Å². The molecule has 0 fully saturated rings. The highest BCUT2D eigenvalue weighted by molar-refractivity contribution is 5.85. The van der Waals surface area contributed by atoms with E-state index in [0.717, 1.165) is 12.8 Å². The number of aliphatic carboxylic acids is 1. The number of carboxylic acid groups (broad SMARTS) is 1. The van der Waals surface area contributed by atoms with Gasteiger partial charge in [-0.2, -0.15) is 0 Å². The van der Waals surface area contributed by atoms with Crippen LogP contribution in [0.2, 0.25) is 0 Å². The molecule has 0 saturated heterocycles. The van der Waals surface area contributed by atoms with Gasteiger partial charge in [0.2, 0.25) is 0 Å². The van der Waals surface area contributed by atoms with E-state index in [2.05, 4.69) is 6.92 Å². The van der Waals surface area contributed by atoms with Crippen LogP contribution in [0.3, 0.4) is 0 Å². The van der Waals surface area contributed by atoms with E-state index in [9.17, 15) is 9.90 Å². The molecule has 0 aliphatic heterocycles. The van der Waals surface area contributed by atoms with Gasteiger partial charge in [0, 0.05) is 12.2 Å². The number of hydrogen-bond acceptors (Lipinski definition) is 3. The zero-order valence-corrected chi connectivity index (χ0v) is 9.40. The van der Waals surface area contributed by atoms with E-state index in [4.69, 9.17) is 9.84 Å². The number of aliphatic hydroxyl groups excluding tert-OH is 1. The largest absolute Gasteiger partial charge is 0.478 e. The molecular formula is C11H20O4. The summed E-state index contributed by atoms with van der Waals surface area (Å²) in [5.74, 6) is -0.950. The summed E-state index contributed by atoms with van der Waals surface area (Å²) in [6.45, 7) is 4.49. The van der Waals surface area contributed by atoms with Crippen molar-refractivity contribution in [3.63, 3.8) is 0 Å². The zero-order chi connectivity index (χ0) is 11.7. The summed E-state index contributed by atoms with van der Waals surface area (Å²) in [4.78, 5) is 10.4. The maximum Gasteiger partial charge on any atom is 0.330 e. The fourth-order valence-corrected chi connectivity index (χ4v) is 0.934. The van der Waals surface area contributed by atoms with E-state index in [0.29, 0.717) is 13.0 Å². The number of hydrogen-bond donors (Lipinski definition) is 2. The Hall–Kier alpha value is -0.870. The van der Waals surface area contributed by atoms with Crippen LogP contribution >= 0.6 is 0 Å². The molecule has 15 heavy (non-hydrogen) atoms. The fraction of sp³-hybridized carbons (Fsp3) is 0.727. The first-order valence-electron chi connectivity index (χ1n) is 5.23. The first-order chi connectivity index (χ1) is 7.07. The van der Waals surface area contributed by atoms with Crippen molar-refractivity contribution in [2.45, 2.75) is 39.2 Å². The van der Waals surface area contributed by atoms with Gasteiger partial charge in [0.15, 0.2) is 0 Å². The van der Waals surface area contributed by atoms with Crippen LogP contribution in [-0.4, -0.2) is 35.5 Å². The number of ether oxygens (including phenoxy) is 1. The Morgan fingerprint density at radius 3 is 2.73 bits per heavy atom. The van der Waals surface area contributed by atoms with Crippen molar-refractivity contribution in [1.82, 2.24) is 0 Å². The van der Waals surface area contributed by atoms with E-state index in [-0.39, 0.29) is 12.2 Å². The molecule has 4 nitrogen and oxygen atoms in total. The molecule has 0 aromatic heterocycles. The number of carbonyl (C=O) groups is 1. The molecule has 88 valence electrons. The summed E-state index contributed by atoms with van der Waals surface area (Å²) in [7, 11) is 0. The summed E-state index contributed by atoms with van der Waals surface area (Å²) in [5, 5.41) is 18.0. The third kappa shape index (κ3) is 8.15. The van der Waals surface area contributed by atoms with Crippen LogP contribution in [0.4, 0.5) is 0 Å². The van der Waals surface area contributed by atoms with Crippen LogP contribution in [0, 0.1) is 0 Å². The van der Waals surface area contributed by atoms with Crippen molar-refractivity contribution in [2.75, 3.05) is 13.2 Å². The van der Waals surface area contributed by atoms with Gasteiger partial charge in [-0.15, -0.1) is 0 Å². The van der Waals surface area contributed by atoms with Crippen LogP contribution in [0.5, 0.6) is 0 Å². The van der Waals surface area contributed by atoms with Gasteiger partial charge < -0.3 is 14.9 Å². The number of aliphatic hydroxyl groups is 1. The Kier molecular flexibility index (Phi) is 7.95. The number of carboxylic acids is 1. The lowest BCUT2D eigenvalue weighted by Crippen LogP contribution is -2.15. The third-order valence-corrected chi connectivity index (χ3v) is 1.99. The topological polar surface area (TPSA) is 66.8 Å². The van der Waals surface area contributed by atoms with Crippen LogP contribution in [0.15, 0.2) is 11.6 Å². The molecule has 0 bridgehead atoms. The van der Waals surface area contributed by atoms with Gasteiger partial charge in [-0.3, -0.25) is 0 Å². The highest BCUT2D eigenvalue weighted by Gasteiger charge is 2.04. The molecule has 0 heterocycles. The first-order valence-corrected chi connectivity index (χ1v) is 5.23. The average molecular weight is 216 g/mol. The van der Waals surface area contributed by atoms with Crippen molar-refractivity contribution < 1.29 is 19.7 Å². The Labute approximate surface area is 90.6 Å². The summed E-state index contributed by atoms with van der Waals surface area (Å²) in [6, 6.07) is 0. The first kappa shape index (κ1) is 14.1. The number of rotatable bonds is 8. The average Bonchev–Trinajstić information content (AvgIpc) is 2.20. The summed E-state index contributed by atoms with van der Waals surface area (Å²) < 4.78 is 5.20. The standard InChI is InChI=1S/C11H20O4/c1-3-4-7-15-8-10(12)6-5-9(2)11(13)14/h5,10,12H,3-4,6-8H2,1-2H3,(H,13,14). The molecule has 0 spiro atoms. The summed E-state index contributed by atoms with van der Waals surface area (Å²) >= 11 is 0. The normalized spacial score (nSPS) is 13.9. The molecule has 1 atom stereocenters. The maximum atomic E-state index is 10.4. The van der Waals surface area contributed by atoms with Gasteiger partial charge in [-0.1, -0.05) is 19.4 Å². The van der Waals surface area contributed by atoms with Crippen LogP contribution in [0.1, 0.15) is 33.1 Å². The minimum absolute atomic E-state index is 0.252. The van der Waals surface area contributed by atoms with E-state index < -0.39 is 12.1 Å². The minimum atomic E-state index is -0.950. The van der Waals surface area contributed by atoms with Crippen molar-refractivity contribution in [1.29, 1.82) is 0 Å². The second-order valence-electron chi connectivity index (χ2n) is 3.51. The highest BCUT2D eigenvalue weighted by atomic mass is 16.5. The van der Waals surface area contributed by atoms with Crippen LogP contribution in [0.25, 0.3) is 0 Å². The monoisotopic (exact) mass is 216 g/mol. The second-order valence-corrected chi connectivity index (χ2v) is 3.51. The van der Waals surface area contributed by atoms with Gasteiger partial charge in [-0.05, 0) is 19.8 Å². The molecule has 0 aromatic carbocycles. The van der Waals surface area contributed by atoms with Crippen LogP contribution in [-0.2, 0) is 9.53 Å². The van der Waals surface area contributed by atoms with Crippen LogP contribution < -0.4 is 0 Å². The van der Waals surface area contributed by atoms with Crippen molar-refractivity contribution in [2.24, 2.45) is 0 Å². The van der Waals surface area contributed by atoms with Gasteiger partial charge >= 0.3 is 5.97 Å². The predicted molar refractivity (Wildman–Crippen MR) is 57.7 cm³/mol. The fourth-order valence-electron chi connectivity index (χ4n) is 0.934. The molecule has 0 aliphatic carbocycles. The molecule has 0 radical (unpaired) electrons. The zero-order valence-electron chi connectivity index (χ0n) is 9.40. The smallest absolute Gasteiger partial charge is 0.330 e. The molecule has 2 N–H and O–H groups in total. The van der Waals surface area contributed by atoms with Crippen molar-refractivity contribution >= 4 is 5.97 Å². The molecule has 0 rings (SSSR count). The van der Waals surface area contributed by atoms with E-state index in [1.807, 2.05) is 0 Å². The summed E-state index contributed by atoms with van der Waals surface area (Å²) in [6.07, 6.45) is 3.27. The van der Waals surface area contributed by atoms with Gasteiger partial charge in [0.1, 0.15) is 0 Å².